The SMILES string of the molecule is CN1N=CN(C(Oc2ccccc2)c2csc(C3CCN(C(=O)OC(C)(C)C)CC3)n2)N1. The van der Waals surface area contributed by atoms with Gasteiger partial charge in [-0.3, -0.25) is 0 Å². The van der Waals surface area contributed by atoms with Crippen LogP contribution in [-0.2, 0) is 4.74 Å². The molecule has 1 aromatic carbocycles. The lowest BCUT2D eigenvalue weighted by Gasteiger charge is -2.32. The van der Waals surface area contributed by atoms with E-state index in [1.54, 1.807) is 32.7 Å². The van der Waals surface area contributed by atoms with Gasteiger partial charge in [0, 0.05) is 31.4 Å². The van der Waals surface area contributed by atoms with E-state index in [1.807, 2.05) is 63.5 Å². The Kier molecular flexibility index (Phi) is 6.52. The van der Waals surface area contributed by atoms with Crippen molar-refractivity contribution in [2.45, 2.75) is 51.4 Å². The van der Waals surface area contributed by atoms with Gasteiger partial charge in [0.2, 0.25) is 6.23 Å². The molecule has 1 aromatic heterocycles. The van der Waals surface area contributed by atoms with Gasteiger partial charge in [-0.25, -0.2) is 19.9 Å². The van der Waals surface area contributed by atoms with Crippen LogP contribution in [0.25, 0.3) is 0 Å². The first kappa shape index (κ1) is 22.3. The van der Waals surface area contributed by atoms with Crippen LogP contribution in [0, 0.1) is 0 Å². The fourth-order valence-corrected chi connectivity index (χ4v) is 4.59. The minimum atomic E-state index is -0.479. The number of hydrogen-bond acceptors (Lipinski definition) is 9. The average molecular weight is 459 g/mol. The normalized spacial score (nSPS) is 18.2. The number of hydrazone groups is 1. The van der Waals surface area contributed by atoms with Crippen molar-refractivity contribution in [2.75, 3.05) is 20.1 Å². The molecule has 1 N–H and O–H groups in total. The lowest BCUT2D eigenvalue weighted by atomic mass is 9.98. The quantitative estimate of drug-likeness (QED) is 0.726. The maximum absolute atomic E-state index is 12.3. The van der Waals surface area contributed by atoms with E-state index < -0.39 is 11.8 Å². The van der Waals surface area contributed by atoms with E-state index in [2.05, 4.69) is 10.6 Å². The molecule has 32 heavy (non-hydrogen) atoms. The summed E-state index contributed by atoms with van der Waals surface area (Å²) in [7, 11) is 1.82. The lowest BCUT2D eigenvalue weighted by molar-refractivity contribution is 0.00259. The molecular weight excluding hydrogens is 428 g/mol. The highest BCUT2D eigenvalue weighted by Crippen LogP contribution is 2.33. The van der Waals surface area contributed by atoms with E-state index >= 15 is 0 Å². The molecule has 0 saturated carbocycles. The molecule has 2 aliphatic rings. The number of rotatable bonds is 5. The zero-order chi connectivity index (χ0) is 22.7. The van der Waals surface area contributed by atoms with Gasteiger partial charge in [-0.2, -0.15) is 0 Å². The number of ether oxygens (including phenoxy) is 2. The average Bonchev–Trinajstić information content (AvgIpc) is 3.41. The minimum Gasteiger partial charge on any atom is -0.463 e. The van der Waals surface area contributed by atoms with Gasteiger partial charge in [0.05, 0.1) is 5.01 Å². The summed E-state index contributed by atoms with van der Waals surface area (Å²) in [6.07, 6.45) is 2.71. The fraction of sp³-hybridized carbons (Fsp3) is 0.500. The number of nitrogens with one attached hydrogen (secondary N) is 1. The molecule has 0 spiro atoms. The molecule has 1 saturated heterocycles. The van der Waals surface area contributed by atoms with Crippen molar-refractivity contribution >= 4 is 23.8 Å². The van der Waals surface area contributed by atoms with Crippen LogP contribution < -0.4 is 10.3 Å². The smallest absolute Gasteiger partial charge is 0.410 e. The molecule has 10 heteroatoms. The number of amides is 1. The Balaban J connectivity index is 1.43. The highest BCUT2D eigenvalue weighted by atomic mass is 32.1. The predicted molar refractivity (Wildman–Crippen MR) is 123 cm³/mol. The summed E-state index contributed by atoms with van der Waals surface area (Å²) in [5.74, 6) is 1.06. The molecule has 2 aromatic rings. The van der Waals surface area contributed by atoms with Crippen LogP contribution >= 0.6 is 11.3 Å². The van der Waals surface area contributed by atoms with Crippen molar-refractivity contribution in [3.8, 4) is 5.75 Å². The molecule has 0 aliphatic carbocycles. The second-order valence-electron chi connectivity index (χ2n) is 8.90. The number of piperidine rings is 1. The lowest BCUT2D eigenvalue weighted by Crippen LogP contribution is -2.43. The maximum atomic E-state index is 12.3. The third kappa shape index (κ3) is 5.49. The Morgan fingerprint density at radius 1 is 1.22 bits per heavy atom. The van der Waals surface area contributed by atoms with Crippen molar-refractivity contribution in [2.24, 2.45) is 5.10 Å². The molecule has 0 bridgehead atoms. The molecule has 3 heterocycles. The number of benzene rings is 1. The maximum Gasteiger partial charge on any atom is 0.410 e. The van der Waals surface area contributed by atoms with E-state index in [0.717, 1.165) is 29.3 Å². The summed E-state index contributed by atoms with van der Waals surface area (Å²) < 4.78 is 11.8. The monoisotopic (exact) mass is 458 g/mol. The van der Waals surface area contributed by atoms with Gasteiger partial charge in [0.15, 0.2) is 0 Å². The van der Waals surface area contributed by atoms with E-state index in [1.165, 1.54) is 0 Å². The number of hydrazine groups is 2. The molecule has 1 amide bonds. The standard InChI is InChI=1S/C22H30N6O3S/c1-22(2,3)31-21(29)27-12-10-16(11-13-27)19-24-18(14-32-19)20(28-15-23-26(4)25-28)30-17-8-6-5-7-9-17/h5-9,14-16,20,25H,10-13H2,1-4H3. The summed E-state index contributed by atoms with van der Waals surface area (Å²) >= 11 is 1.64. The van der Waals surface area contributed by atoms with Crippen LogP contribution in [0.3, 0.4) is 0 Å². The topological polar surface area (TPSA) is 82.5 Å². The van der Waals surface area contributed by atoms with Gasteiger partial charge >= 0.3 is 6.09 Å². The van der Waals surface area contributed by atoms with Crippen molar-refractivity contribution < 1.29 is 14.3 Å². The number of likely N-dealkylation sites (tertiary alicyclic amines) is 1. The van der Waals surface area contributed by atoms with E-state index in [0.29, 0.717) is 19.0 Å². The Labute approximate surface area is 192 Å². The van der Waals surface area contributed by atoms with Crippen LogP contribution in [0.1, 0.15) is 56.5 Å². The third-order valence-corrected chi connectivity index (χ3v) is 6.17. The Morgan fingerprint density at radius 2 is 1.94 bits per heavy atom. The van der Waals surface area contributed by atoms with E-state index in [-0.39, 0.29) is 6.09 Å². The molecule has 9 nitrogen and oxygen atoms in total. The number of para-hydroxylation sites is 1. The van der Waals surface area contributed by atoms with Crippen molar-refractivity contribution in [1.29, 1.82) is 0 Å². The molecular formula is C22H30N6O3S. The van der Waals surface area contributed by atoms with Gasteiger partial charge in [-0.1, -0.05) is 18.2 Å². The van der Waals surface area contributed by atoms with Gasteiger partial charge in [-0.15, -0.1) is 22.0 Å². The van der Waals surface area contributed by atoms with Gasteiger partial charge < -0.3 is 14.4 Å². The summed E-state index contributed by atoms with van der Waals surface area (Å²) in [5, 5.41) is 10.7. The van der Waals surface area contributed by atoms with Crippen molar-refractivity contribution in [3.05, 3.63) is 46.4 Å². The van der Waals surface area contributed by atoms with Crippen LogP contribution in [0.15, 0.2) is 40.8 Å². The number of nitrogens with zero attached hydrogens (tertiary/aromatic N) is 5. The van der Waals surface area contributed by atoms with Gasteiger partial charge in [0.1, 0.15) is 23.4 Å². The molecule has 2 aliphatic heterocycles. The summed E-state index contributed by atoms with van der Waals surface area (Å²) in [6.45, 7) is 7.01. The fourth-order valence-electron chi connectivity index (χ4n) is 3.59. The van der Waals surface area contributed by atoms with Crippen LogP contribution in [0.2, 0.25) is 0 Å². The molecule has 1 atom stereocenters. The first-order valence-electron chi connectivity index (χ1n) is 10.8. The number of aromatic nitrogens is 1. The second-order valence-corrected chi connectivity index (χ2v) is 9.79. The third-order valence-electron chi connectivity index (χ3n) is 5.14. The van der Waals surface area contributed by atoms with Crippen LogP contribution in [0.5, 0.6) is 5.75 Å². The van der Waals surface area contributed by atoms with Crippen LogP contribution in [-0.4, -0.2) is 58.2 Å². The highest BCUT2D eigenvalue weighted by molar-refractivity contribution is 7.09. The predicted octanol–water partition coefficient (Wildman–Crippen LogP) is 3.95. The summed E-state index contributed by atoms with van der Waals surface area (Å²) in [4.78, 5) is 19.1. The van der Waals surface area contributed by atoms with Crippen molar-refractivity contribution in [1.82, 2.24) is 25.5 Å². The Bertz CT molecular complexity index is 937. The van der Waals surface area contributed by atoms with Crippen molar-refractivity contribution in [3.63, 3.8) is 0 Å². The Hall–Kier alpha value is -2.85. The zero-order valence-corrected chi connectivity index (χ0v) is 19.7. The van der Waals surface area contributed by atoms with E-state index in [9.17, 15) is 4.79 Å². The number of thiazole rings is 1. The minimum absolute atomic E-state index is 0.240. The number of hydrogen-bond donors (Lipinski definition) is 1. The number of carbonyl (C=O) groups is 1. The molecule has 1 unspecified atom stereocenters. The Morgan fingerprint density at radius 3 is 2.56 bits per heavy atom. The van der Waals surface area contributed by atoms with E-state index in [4.69, 9.17) is 14.5 Å². The molecule has 0 radical (unpaired) electrons. The van der Waals surface area contributed by atoms with Crippen LogP contribution in [0.4, 0.5) is 4.79 Å². The second kappa shape index (κ2) is 9.33. The van der Waals surface area contributed by atoms with Gasteiger partial charge in [-0.05, 0) is 45.7 Å². The summed E-state index contributed by atoms with van der Waals surface area (Å²) in [5.41, 5.74) is 3.46. The zero-order valence-electron chi connectivity index (χ0n) is 18.9. The summed E-state index contributed by atoms with van der Waals surface area (Å²) in [6, 6.07) is 9.67. The number of carbonyl (C=O) groups excluding carboxylic acids is 1. The molecule has 1 fully saturated rings. The molecule has 4 rings (SSSR count). The first-order chi connectivity index (χ1) is 15.3. The first-order valence-corrected chi connectivity index (χ1v) is 11.6. The molecule has 172 valence electrons. The highest BCUT2D eigenvalue weighted by Gasteiger charge is 2.31. The largest absolute Gasteiger partial charge is 0.463 e. The van der Waals surface area contributed by atoms with Gasteiger partial charge in [0.25, 0.3) is 0 Å².